The number of carboxylic acids is 6. The number of aliphatic hydroxyl groups excluding tert-OH is 6. The molecule has 0 heterocycles. The molecule has 18 nitrogen and oxygen atoms in total. The van der Waals surface area contributed by atoms with Gasteiger partial charge in [-0.15, -0.1) is 0 Å². The Kier molecular flexibility index (Phi) is 24.5. The summed E-state index contributed by atoms with van der Waals surface area (Å²) in [7, 11) is 0. The van der Waals surface area contributed by atoms with Gasteiger partial charge in [0.1, 0.15) is 36.6 Å². The van der Waals surface area contributed by atoms with Gasteiger partial charge in [0.05, 0.1) is 35.8 Å². The molecule has 0 aromatic rings. The van der Waals surface area contributed by atoms with Crippen molar-refractivity contribution in [2.45, 2.75) is 36.6 Å². The van der Waals surface area contributed by atoms with Crippen LogP contribution in [0.2, 0.25) is 0 Å². The smallest absolute Gasteiger partial charge is 0.547 e. The summed E-state index contributed by atoms with van der Waals surface area (Å²) >= 11 is 0. The molecule has 0 aliphatic rings. The molecule has 0 bridgehead atoms. The van der Waals surface area contributed by atoms with Gasteiger partial charge in [-0.25, -0.2) is 0 Å². The molecule has 1 radical (unpaired) electrons. The van der Waals surface area contributed by atoms with Gasteiger partial charge in [-0.05, 0) is 0 Å². The summed E-state index contributed by atoms with van der Waals surface area (Å²) < 4.78 is 0. The quantitative estimate of drug-likeness (QED) is 0.145. The van der Waals surface area contributed by atoms with Gasteiger partial charge in [0, 0.05) is 0 Å². The number of aliphatic carboxylic acids is 6. The van der Waals surface area contributed by atoms with Crippen molar-refractivity contribution in [3.63, 3.8) is 0 Å². The fourth-order valence-corrected chi connectivity index (χ4v) is 0.773. The summed E-state index contributed by atoms with van der Waals surface area (Å²) in [6.45, 7) is 0. The average Bonchev–Trinajstić information content (AvgIpc) is 2.64. The van der Waals surface area contributed by atoms with Crippen LogP contribution >= 0.6 is 0 Å². The Morgan fingerprint density at radius 2 is 0.438 bits per heavy atom. The van der Waals surface area contributed by atoms with Gasteiger partial charge >= 0.3 is 38.5 Å². The minimum Gasteiger partial charge on any atom is -0.547 e. The van der Waals surface area contributed by atoms with E-state index < -0.39 is 72.4 Å². The Morgan fingerprint density at radius 1 is 0.375 bits per heavy atom. The van der Waals surface area contributed by atoms with Crippen molar-refractivity contribution in [3.8, 4) is 0 Å². The summed E-state index contributed by atoms with van der Waals surface area (Å²) in [6.07, 6.45) is -14.6. The number of hydrogen-bond donors (Lipinski definition) is 6. The van der Waals surface area contributed by atoms with Gasteiger partial charge in [0.25, 0.3) is 0 Å². The van der Waals surface area contributed by atoms with Crippen LogP contribution in [0.15, 0.2) is 0 Å². The zero-order chi connectivity index (χ0) is 24.9. The van der Waals surface area contributed by atoms with Crippen molar-refractivity contribution in [3.05, 3.63) is 0 Å². The largest absolute Gasteiger partial charge is 4.00 e. The Morgan fingerprint density at radius 3 is 0.469 bits per heavy atom. The van der Waals surface area contributed by atoms with E-state index >= 15 is 0 Å². The molecule has 20 heteroatoms. The van der Waals surface area contributed by atoms with Crippen LogP contribution in [0, 0.1) is 0 Å². The van der Waals surface area contributed by atoms with Crippen LogP contribution in [0.3, 0.4) is 0 Å². The molecular weight excluding hydrogens is 539 g/mol. The zero-order valence-electron chi connectivity index (χ0n) is 14.9. The molecule has 181 valence electrons. The molecule has 0 aromatic heterocycles. The fourth-order valence-electron chi connectivity index (χ4n) is 0.773. The number of aliphatic hydroxyl groups is 6. The van der Waals surface area contributed by atoms with Crippen LogP contribution in [0.1, 0.15) is 0 Å². The second-order valence-corrected chi connectivity index (χ2v) is 4.58. The van der Waals surface area contributed by atoms with Gasteiger partial charge < -0.3 is 90.0 Å². The third kappa shape index (κ3) is 17.5. The summed E-state index contributed by atoms with van der Waals surface area (Å²) in [5, 5.41) is 107. The van der Waals surface area contributed by atoms with Crippen molar-refractivity contribution in [2.24, 2.45) is 0 Å². The van der Waals surface area contributed by atoms with Gasteiger partial charge in [0.15, 0.2) is 0 Å². The van der Waals surface area contributed by atoms with E-state index in [1.165, 1.54) is 0 Å². The maximum Gasteiger partial charge on any atom is 4.00 e. The summed E-state index contributed by atoms with van der Waals surface area (Å²) in [5.41, 5.74) is 0. The van der Waals surface area contributed by atoms with Crippen LogP contribution in [-0.4, -0.2) is 103 Å². The average molecular weight is 551 g/mol. The topological polar surface area (TPSA) is 362 Å². The molecule has 0 saturated heterocycles. The molecule has 0 aliphatic carbocycles. The van der Waals surface area contributed by atoms with E-state index in [0.29, 0.717) is 0 Å². The molecule has 0 rings (SSSR count). The number of hydrogen-bond acceptors (Lipinski definition) is 18. The third-order valence-electron chi connectivity index (χ3n) is 2.35. The summed E-state index contributed by atoms with van der Waals surface area (Å²) in [6, 6.07) is 0. The van der Waals surface area contributed by atoms with Gasteiger partial charge in [-0.1, -0.05) is 0 Å². The molecule has 6 unspecified atom stereocenters. The minimum absolute atomic E-state index is 0. The van der Waals surface area contributed by atoms with E-state index in [9.17, 15) is 59.4 Å². The summed E-state index contributed by atoms with van der Waals surface area (Å²) in [4.78, 5) is 57.8. The van der Waals surface area contributed by atoms with Crippen LogP contribution in [-0.2, 0) is 67.3 Å². The van der Waals surface area contributed by atoms with Gasteiger partial charge in [0.2, 0.25) is 0 Å². The van der Waals surface area contributed by atoms with Crippen molar-refractivity contribution >= 4 is 35.8 Å². The Bertz CT molecular complexity index is 500. The maximum absolute atomic E-state index is 9.63. The first kappa shape index (κ1) is 40.2. The predicted molar refractivity (Wildman–Crippen MR) is 66.1 cm³/mol. The van der Waals surface area contributed by atoms with Crippen molar-refractivity contribution in [1.82, 2.24) is 0 Å². The van der Waals surface area contributed by atoms with E-state index in [4.69, 9.17) is 30.6 Å². The van der Waals surface area contributed by atoms with Crippen LogP contribution in [0.5, 0.6) is 0 Å². The third-order valence-corrected chi connectivity index (χ3v) is 2.35. The molecular formula is C12H12CoO18Ti. The Labute approximate surface area is 201 Å². The van der Waals surface area contributed by atoms with Crippen LogP contribution in [0.25, 0.3) is 0 Å². The van der Waals surface area contributed by atoms with E-state index in [1.807, 2.05) is 0 Å². The van der Waals surface area contributed by atoms with Crippen molar-refractivity contribution in [1.29, 1.82) is 0 Å². The Balaban J connectivity index is -0.000000110. The standard InChI is InChI=1S/3C4H6O6.Co.Ti/c3*5-1(3(7)8)2(6)4(9)10;;/h3*1-2,5-6H,(H,7,8)(H,9,10);;/q;;;+2;+4/p-6. The maximum atomic E-state index is 9.63. The molecule has 0 saturated carbocycles. The SMILES string of the molecule is O=C([O-])C(O)C(O)C(=O)[O-].O=C([O-])C(O)C(O)C(=O)[O-].O=C([O-])C(O)C(O)C(=O)[O-].[Co+2].[Ti+4]. The van der Waals surface area contributed by atoms with Crippen LogP contribution in [0.4, 0.5) is 0 Å². The van der Waals surface area contributed by atoms with E-state index in [2.05, 4.69) is 0 Å². The van der Waals surface area contributed by atoms with E-state index in [1.54, 1.807) is 0 Å². The first-order valence-electron chi connectivity index (χ1n) is 6.73. The zero-order valence-corrected chi connectivity index (χ0v) is 17.5. The molecule has 0 aliphatic heterocycles. The minimum atomic E-state index is -2.44. The monoisotopic (exact) mass is 551 g/mol. The molecule has 0 fully saturated rings. The second-order valence-electron chi connectivity index (χ2n) is 4.58. The fraction of sp³-hybridized carbons (Fsp3) is 0.500. The van der Waals surface area contributed by atoms with Crippen molar-refractivity contribution in [2.75, 3.05) is 0 Å². The normalized spacial score (nSPS) is 14.8. The first-order chi connectivity index (χ1) is 13.4. The van der Waals surface area contributed by atoms with E-state index in [0.717, 1.165) is 0 Å². The van der Waals surface area contributed by atoms with Crippen molar-refractivity contribution < 1.29 is 129 Å². The number of rotatable bonds is 9. The molecule has 0 aromatic carbocycles. The van der Waals surface area contributed by atoms with Crippen LogP contribution < -0.4 is 30.6 Å². The first-order valence-corrected chi connectivity index (χ1v) is 6.73. The summed E-state index contributed by atoms with van der Waals surface area (Å²) in [5.74, 6) is -12.4. The molecule has 6 N–H and O–H groups in total. The van der Waals surface area contributed by atoms with Gasteiger partial charge in [-0.2, -0.15) is 0 Å². The van der Waals surface area contributed by atoms with Gasteiger partial charge in [-0.3, -0.25) is 0 Å². The molecule has 32 heavy (non-hydrogen) atoms. The Hall–Kier alpha value is -2.20. The molecule has 0 spiro atoms. The predicted octanol–water partition coefficient (Wildman–Crippen LogP) is -14.4. The molecule has 0 amide bonds. The number of carbonyl (C=O) groups excluding carboxylic acids is 6. The second kappa shape index (κ2) is 19.5. The number of carbonyl (C=O) groups is 6. The van der Waals surface area contributed by atoms with E-state index in [-0.39, 0.29) is 38.5 Å². The molecule has 6 atom stereocenters. The number of carboxylic acid groups (broad SMARTS) is 6.